The van der Waals surface area contributed by atoms with Gasteiger partial charge in [0.2, 0.25) is 5.91 Å². The lowest BCUT2D eigenvalue weighted by Gasteiger charge is -2.28. The number of hydrogen-bond acceptors (Lipinski definition) is 6. The molecule has 0 saturated carbocycles. The molecule has 0 radical (unpaired) electrons. The summed E-state index contributed by atoms with van der Waals surface area (Å²) < 4.78 is 5.44. The van der Waals surface area contributed by atoms with Gasteiger partial charge in [0.05, 0.1) is 13.2 Å². The van der Waals surface area contributed by atoms with Crippen molar-refractivity contribution in [3.8, 4) is 0 Å². The monoisotopic (exact) mass is 460 g/mol. The predicted octanol–water partition coefficient (Wildman–Crippen LogP) is 4.80. The largest absolute Gasteiger partial charge is 0.378 e. The Hall–Kier alpha value is -3.16. The number of amides is 1. The van der Waals surface area contributed by atoms with Gasteiger partial charge >= 0.3 is 0 Å². The first-order valence-corrected chi connectivity index (χ1v) is 11.8. The first-order valence-electron chi connectivity index (χ1n) is 11.0. The summed E-state index contributed by atoms with van der Waals surface area (Å²) in [6.45, 7) is 11.0. The van der Waals surface area contributed by atoms with E-state index < -0.39 is 0 Å². The van der Waals surface area contributed by atoms with Crippen molar-refractivity contribution in [1.29, 1.82) is 0 Å². The van der Waals surface area contributed by atoms with Gasteiger partial charge in [-0.05, 0) is 66.9 Å². The average Bonchev–Trinajstić information content (AvgIpc) is 2.84. The van der Waals surface area contributed by atoms with Gasteiger partial charge in [-0.2, -0.15) is 0 Å². The predicted molar refractivity (Wildman–Crippen MR) is 133 cm³/mol. The zero-order valence-corrected chi connectivity index (χ0v) is 19.8. The Morgan fingerprint density at radius 2 is 1.91 bits per heavy atom. The highest BCUT2D eigenvalue weighted by atomic mass is 32.2. The molecule has 6 nitrogen and oxygen atoms in total. The van der Waals surface area contributed by atoms with Crippen molar-refractivity contribution in [3.05, 3.63) is 83.8 Å². The van der Waals surface area contributed by atoms with Crippen LogP contribution in [0.4, 0.5) is 11.4 Å². The lowest BCUT2D eigenvalue weighted by molar-refractivity contribution is -0.111. The molecule has 0 aliphatic carbocycles. The van der Waals surface area contributed by atoms with Gasteiger partial charge in [-0.1, -0.05) is 30.5 Å². The smallest absolute Gasteiger partial charge is 0.247 e. The fraction of sp³-hybridized carbons (Fsp3) is 0.269. The van der Waals surface area contributed by atoms with Crippen LogP contribution in [0.25, 0.3) is 0 Å². The number of aryl methyl sites for hydroxylation is 2. The normalized spacial score (nSPS) is 13.6. The molecule has 1 aliphatic heterocycles. The van der Waals surface area contributed by atoms with Crippen molar-refractivity contribution in [3.63, 3.8) is 0 Å². The number of hydrogen-bond donors (Lipinski definition) is 1. The van der Waals surface area contributed by atoms with Gasteiger partial charge in [0.15, 0.2) is 0 Å². The number of rotatable bonds is 7. The van der Waals surface area contributed by atoms with Crippen LogP contribution < -0.4 is 10.2 Å². The molecule has 3 aromatic rings. The van der Waals surface area contributed by atoms with Gasteiger partial charge in [-0.25, -0.2) is 9.97 Å². The molecule has 1 aromatic heterocycles. The van der Waals surface area contributed by atoms with Gasteiger partial charge < -0.3 is 15.0 Å². The molecule has 170 valence electrons. The molecule has 0 bridgehead atoms. The third-order valence-corrected chi connectivity index (χ3v) is 6.77. The molecule has 1 aliphatic rings. The van der Waals surface area contributed by atoms with Crippen LogP contribution in [-0.2, 0) is 16.0 Å². The lowest BCUT2D eigenvalue weighted by Crippen LogP contribution is -2.36. The zero-order valence-electron chi connectivity index (χ0n) is 19.0. The summed E-state index contributed by atoms with van der Waals surface area (Å²) in [7, 11) is 0. The first-order chi connectivity index (χ1) is 16.0. The quantitative estimate of drug-likeness (QED) is 0.404. The molecular weight excluding hydrogens is 432 g/mol. The Labute approximate surface area is 199 Å². The summed E-state index contributed by atoms with van der Waals surface area (Å²) in [4.78, 5) is 24.4. The van der Waals surface area contributed by atoms with Crippen molar-refractivity contribution in [2.75, 3.05) is 36.5 Å². The molecule has 0 unspecified atom stereocenters. The Morgan fingerprint density at radius 1 is 1.15 bits per heavy atom. The number of nitrogens with zero attached hydrogens (tertiary/aromatic N) is 3. The number of nitrogens with one attached hydrogen (secondary N) is 1. The number of aromatic nitrogens is 2. The standard InChI is InChI=1S/C26H28N4O2S/c1-4-25(31)28-21-7-10-23(18(2)15-21)33-26-19(3)17-27-24(29-26)16-20-5-8-22(9-6-20)30-11-13-32-14-12-30/h4-10,15,17H,1,11-14,16H2,2-3H3,(H,28,31). The van der Waals surface area contributed by atoms with Crippen LogP contribution in [0.1, 0.15) is 22.5 Å². The summed E-state index contributed by atoms with van der Waals surface area (Å²) >= 11 is 1.62. The van der Waals surface area contributed by atoms with Gasteiger partial charge in [-0.15, -0.1) is 0 Å². The molecule has 1 saturated heterocycles. The Morgan fingerprint density at radius 3 is 2.61 bits per heavy atom. The summed E-state index contributed by atoms with van der Waals surface area (Å²) in [6, 6.07) is 14.5. The minimum atomic E-state index is -0.218. The van der Waals surface area contributed by atoms with E-state index in [-0.39, 0.29) is 5.91 Å². The first kappa shape index (κ1) is 23.0. The van der Waals surface area contributed by atoms with Crippen molar-refractivity contribution in [2.45, 2.75) is 30.2 Å². The third kappa shape index (κ3) is 6.00. The molecule has 2 aromatic carbocycles. The van der Waals surface area contributed by atoms with Gasteiger partial charge in [0, 0.05) is 42.0 Å². The van der Waals surface area contributed by atoms with E-state index in [1.54, 1.807) is 11.8 Å². The van der Waals surface area contributed by atoms with Crippen LogP contribution in [0.2, 0.25) is 0 Å². The molecule has 1 amide bonds. The fourth-order valence-electron chi connectivity index (χ4n) is 3.62. The number of ether oxygens (including phenoxy) is 1. The van der Waals surface area contributed by atoms with E-state index >= 15 is 0 Å². The number of anilines is 2. The zero-order chi connectivity index (χ0) is 23.2. The summed E-state index contributed by atoms with van der Waals surface area (Å²) in [6.07, 6.45) is 3.84. The van der Waals surface area contributed by atoms with E-state index in [9.17, 15) is 4.79 Å². The molecule has 0 spiro atoms. The molecule has 7 heteroatoms. The maximum atomic E-state index is 11.5. The molecule has 33 heavy (non-hydrogen) atoms. The third-order valence-electron chi connectivity index (χ3n) is 5.48. The van der Waals surface area contributed by atoms with Crippen molar-refractivity contribution in [1.82, 2.24) is 9.97 Å². The number of carbonyl (C=O) groups excluding carboxylic acids is 1. The topological polar surface area (TPSA) is 67.4 Å². The Bertz CT molecular complexity index is 1140. The van der Waals surface area contributed by atoms with Crippen LogP contribution in [0.5, 0.6) is 0 Å². The molecule has 1 fully saturated rings. The van der Waals surface area contributed by atoms with Crippen LogP contribution in [-0.4, -0.2) is 42.2 Å². The molecular formula is C26H28N4O2S. The van der Waals surface area contributed by atoms with E-state index in [1.807, 2.05) is 38.2 Å². The molecule has 0 atom stereocenters. The highest BCUT2D eigenvalue weighted by Gasteiger charge is 2.12. The van der Waals surface area contributed by atoms with E-state index in [0.29, 0.717) is 6.42 Å². The minimum absolute atomic E-state index is 0.218. The second-order valence-corrected chi connectivity index (χ2v) is 9.02. The highest BCUT2D eigenvalue weighted by Crippen LogP contribution is 2.32. The maximum absolute atomic E-state index is 11.5. The van der Waals surface area contributed by atoms with E-state index in [0.717, 1.165) is 58.9 Å². The van der Waals surface area contributed by atoms with Crippen LogP contribution in [0.3, 0.4) is 0 Å². The highest BCUT2D eigenvalue weighted by molar-refractivity contribution is 7.99. The van der Waals surface area contributed by atoms with Gasteiger partial charge in [0.1, 0.15) is 10.9 Å². The average molecular weight is 461 g/mol. The number of benzene rings is 2. The van der Waals surface area contributed by atoms with Crippen molar-refractivity contribution >= 4 is 29.0 Å². The van der Waals surface area contributed by atoms with Crippen molar-refractivity contribution < 1.29 is 9.53 Å². The minimum Gasteiger partial charge on any atom is -0.378 e. The van der Waals surface area contributed by atoms with Crippen LogP contribution in [0.15, 0.2) is 71.2 Å². The van der Waals surface area contributed by atoms with Gasteiger partial charge in [0.25, 0.3) is 0 Å². The maximum Gasteiger partial charge on any atom is 0.247 e. The number of carbonyl (C=O) groups is 1. The van der Waals surface area contributed by atoms with Crippen molar-refractivity contribution in [2.24, 2.45) is 0 Å². The fourth-order valence-corrected chi connectivity index (χ4v) is 4.55. The lowest BCUT2D eigenvalue weighted by atomic mass is 10.1. The Balaban J connectivity index is 1.45. The molecule has 1 N–H and O–H groups in total. The second kappa shape index (κ2) is 10.6. The van der Waals surface area contributed by atoms with Crippen LogP contribution >= 0.6 is 11.8 Å². The van der Waals surface area contributed by atoms with E-state index in [1.165, 1.54) is 17.3 Å². The molecule has 4 rings (SSSR count). The SMILES string of the molecule is C=CC(=O)Nc1ccc(Sc2nc(Cc3ccc(N4CCOCC4)cc3)ncc2C)c(C)c1. The van der Waals surface area contributed by atoms with E-state index in [2.05, 4.69) is 46.0 Å². The molecule has 2 heterocycles. The summed E-state index contributed by atoms with van der Waals surface area (Å²) in [5.74, 6) is 0.582. The van der Waals surface area contributed by atoms with Gasteiger partial charge in [-0.3, -0.25) is 4.79 Å². The Kier molecular flexibility index (Phi) is 7.42. The summed E-state index contributed by atoms with van der Waals surface area (Å²) in [5, 5.41) is 3.74. The van der Waals surface area contributed by atoms with Crippen LogP contribution in [0, 0.1) is 13.8 Å². The second-order valence-electron chi connectivity index (χ2n) is 7.99. The van der Waals surface area contributed by atoms with E-state index in [4.69, 9.17) is 9.72 Å². The summed E-state index contributed by atoms with van der Waals surface area (Å²) in [5.41, 5.74) is 5.27. The number of morpholine rings is 1.